The standard InChI is InChI=1S/C14H15NO4/c16-13(17)10-6-2-4-8-7-3-1-5-9(7)12(14(18)19)15-11(8)10/h2,4,6-7,9,12,15H,1,3,5H2,(H,16,17)(H,18,19). The highest BCUT2D eigenvalue weighted by molar-refractivity contribution is 5.96. The summed E-state index contributed by atoms with van der Waals surface area (Å²) in [5, 5.41) is 21.5. The van der Waals surface area contributed by atoms with Gasteiger partial charge in [-0.25, -0.2) is 9.59 Å². The molecule has 2 aliphatic rings. The number of carboxylic acid groups (broad SMARTS) is 2. The predicted octanol–water partition coefficient (Wildman–Crippen LogP) is 2.15. The number of benzene rings is 1. The number of fused-ring (bicyclic) bond motifs is 3. The minimum Gasteiger partial charge on any atom is -0.480 e. The molecule has 1 aliphatic heterocycles. The zero-order valence-electron chi connectivity index (χ0n) is 10.3. The van der Waals surface area contributed by atoms with Crippen molar-refractivity contribution in [2.24, 2.45) is 5.92 Å². The molecule has 1 aliphatic carbocycles. The first kappa shape index (κ1) is 12.0. The van der Waals surface area contributed by atoms with Crippen molar-refractivity contribution in [3.8, 4) is 0 Å². The normalized spacial score (nSPS) is 28.1. The van der Waals surface area contributed by atoms with Crippen molar-refractivity contribution >= 4 is 17.6 Å². The highest BCUT2D eigenvalue weighted by atomic mass is 16.4. The van der Waals surface area contributed by atoms with Gasteiger partial charge >= 0.3 is 11.9 Å². The second-order valence-corrected chi connectivity index (χ2v) is 5.24. The molecule has 3 atom stereocenters. The van der Waals surface area contributed by atoms with Crippen LogP contribution in [0.25, 0.3) is 0 Å². The Kier molecular flexibility index (Phi) is 2.69. The molecule has 0 radical (unpaired) electrons. The summed E-state index contributed by atoms with van der Waals surface area (Å²) in [5.74, 6) is -1.70. The topological polar surface area (TPSA) is 86.6 Å². The van der Waals surface area contributed by atoms with E-state index in [9.17, 15) is 19.8 Å². The van der Waals surface area contributed by atoms with E-state index < -0.39 is 18.0 Å². The smallest absolute Gasteiger partial charge is 0.337 e. The van der Waals surface area contributed by atoms with Crippen molar-refractivity contribution in [3.63, 3.8) is 0 Å². The second kappa shape index (κ2) is 4.26. The van der Waals surface area contributed by atoms with Crippen LogP contribution in [0.15, 0.2) is 18.2 Å². The van der Waals surface area contributed by atoms with Gasteiger partial charge in [0, 0.05) is 0 Å². The summed E-state index contributed by atoms with van der Waals surface area (Å²) in [6.07, 6.45) is 2.81. The van der Waals surface area contributed by atoms with Gasteiger partial charge in [0.2, 0.25) is 0 Å². The van der Waals surface area contributed by atoms with E-state index in [1.54, 1.807) is 6.07 Å². The van der Waals surface area contributed by atoms with Crippen LogP contribution in [0.1, 0.15) is 41.1 Å². The number of hydrogen-bond acceptors (Lipinski definition) is 3. The molecule has 1 aromatic rings. The van der Waals surface area contributed by atoms with E-state index in [1.807, 2.05) is 6.07 Å². The maximum Gasteiger partial charge on any atom is 0.337 e. The fourth-order valence-electron chi connectivity index (χ4n) is 3.50. The Balaban J connectivity index is 2.13. The Labute approximate surface area is 110 Å². The average molecular weight is 261 g/mol. The second-order valence-electron chi connectivity index (χ2n) is 5.24. The largest absolute Gasteiger partial charge is 0.480 e. The first-order valence-electron chi connectivity index (χ1n) is 6.45. The Bertz CT molecular complexity index is 554. The van der Waals surface area contributed by atoms with Gasteiger partial charge in [-0.2, -0.15) is 0 Å². The molecule has 0 aromatic heterocycles. The van der Waals surface area contributed by atoms with Crippen molar-refractivity contribution in [2.45, 2.75) is 31.2 Å². The monoisotopic (exact) mass is 261 g/mol. The van der Waals surface area contributed by atoms with E-state index in [4.69, 9.17) is 0 Å². The minimum absolute atomic E-state index is 0.0639. The Hall–Kier alpha value is -2.04. The fraction of sp³-hybridized carbons (Fsp3) is 0.429. The summed E-state index contributed by atoms with van der Waals surface area (Å²) in [7, 11) is 0. The van der Waals surface area contributed by atoms with Crippen LogP contribution in [0.4, 0.5) is 5.69 Å². The lowest BCUT2D eigenvalue weighted by atomic mass is 9.79. The van der Waals surface area contributed by atoms with E-state index in [0.717, 1.165) is 24.8 Å². The summed E-state index contributed by atoms with van der Waals surface area (Å²) >= 11 is 0. The third kappa shape index (κ3) is 1.77. The van der Waals surface area contributed by atoms with Crippen LogP contribution >= 0.6 is 0 Å². The van der Waals surface area contributed by atoms with E-state index in [2.05, 4.69) is 5.32 Å². The number of para-hydroxylation sites is 1. The minimum atomic E-state index is -1.02. The summed E-state index contributed by atoms with van der Waals surface area (Å²) in [6, 6.07) is 4.49. The number of hydrogen-bond donors (Lipinski definition) is 3. The van der Waals surface area contributed by atoms with Crippen molar-refractivity contribution < 1.29 is 19.8 Å². The van der Waals surface area contributed by atoms with Crippen molar-refractivity contribution in [1.29, 1.82) is 0 Å². The van der Waals surface area contributed by atoms with E-state index in [1.165, 1.54) is 6.07 Å². The molecule has 3 N–H and O–H groups in total. The molecule has 0 bridgehead atoms. The Morgan fingerprint density at radius 2 is 2.00 bits per heavy atom. The molecule has 0 spiro atoms. The van der Waals surface area contributed by atoms with Gasteiger partial charge in [0.25, 0.3) is 0 Å². The fourth-order valence-corrected chi connectivity index (χ4v) is 3.50. The Morgan fingerprint density at radius 3 is 2.68 bits per heavy atom. The summed E-state index contributed by atoms with van der Waals surface area (Å²) in [6.45, 7) is 0. The molecule has 1 aromatic carbocycles. The molecule has 5 nitrogen and oxygen atoms in total. The van der Waals surface area contributed by atoms with Gasteiger partial charge in [0.15, 0.2) is 0 Å². The quantitative estimate of drug-likeness (QED) is 0.759. The van der Waals surface area contributed by atoms with Crippen LogP contribution in [-0.4, -0.2) is 28.2 Å². The number of carboxylic acids is 2. The van der Waals surface area contributed by atoms with E-state index in [-0.39, 0.29) is 17.4 Å². The van der Waals surface area contributed by atoms with Gasteiger partial charge < -0.3 is 15.5 Å². The number of nitrogens with one attached hydrogen (secondary N) is 1. The third-order valence-electron chi connectivity index (χ3n) is 4.29. The zero-order chi connectivity index (χ0) is 13.6. The van der Waals surface area contributed by atoms with Gasteiger partial charge in [-0.15, -0.1) is 0 Å². The molecule has 0 saturated heterocycles. The number of aromatic carboxylic acids is 1. The molecular weight excluding hydrogens is 246 g/mol. The molecule has 100 valence electrons. The number of carbonyl (C=O) groups is 2. The van der Waals surface area contributed by atoms with Crippen molar-refractivity contribution in [1.82, 2.24) is 0 Å². The first-order valence-corrected chi connectivity index (χ1v) is 6.45. The van der Waals surface area contributed by atoms with Gasteiger partial charge in [0.1, 0.15) is 6.04 Å². The molecule has 1 saturated carbocycles. The van der Waals surface area contributed by atoms with E-state index >= 15 is 0 Å². The number of aliphatic carboxylic acids is 1. The lowest BCUT2D eigenvalue weighted by Crippen LogP contribution is -2.42. The lowest BCUT2D eigenvalue weighted by Gasteiger charge is -2.35. The molecule has 19 heavy (non-hydrogen) atoms. The predicted molar refractivity (Wildman–Crippen MR) is 68.5 cm³/mol. The molecule has 1 fully saturated rings. The molecule has 3 unspecified atom stereocenters. The molecule has 1 heterocycles. The van der Waals surface area contributed by atoms with Crippen LogP contribution in [0.2, 0.25) is 0 Å². The van der Waals surface area contributed by atoms with Crippen LogP contribution in [0.5, 0.6) is 0 Å². The molecule has 0 amide bonds. The van der Waals surface area contributed by atoms with Crippen LogP contribution in [-0.2, 0) is 4.79 Å². The number of anilines is 1. The van der Waals surface area contributed by atoms with Crippen LogP contribution in [0, 0.1) is 5.92 Å². The summed E-state index contributed by atoms with van der Waals surface area (Å²) < 4.78 is 0. The van der Waals surface area contributed by atoms with Gasteiger partial charge in [-0.3, -0.25) is 0 Å². The number of rotatable bonds is 2. The van der Waals surface area contributed by atoms with Crippen LogP contribution in [0.3, 0.4) is 0 Å². The zero-order valence-corrected chi connectivity index (χ0v) is 10.3. The molecule has 5 heteroatoms. The maximum atomic E-state index is 11.4. The van der Waals surface area contributed by atoms with Gasteiger partial charge in [0.05, 0.1) is 11.3 Å². The highest BCUT2D eigenvalue weighted by Crippen LogP contribution is 2.48. The lowest BCUT2D eigenvalue weighted by molar-refractivity contribution is -0.139. The summed E-state index contributed by atoms with van der Waals surface area (Å²) in [5.41, 5.74) is 1.61. The van der Waals surface area contributed by atoms with E-state index in [0.29, 0.717) is 5.69 Å². The van der Waals surface area contributed by atoms with Gasteiger partial charge in [-0.05, 0) is 36.3 Å². The third-order valence-corrected chi connectivity index (χ3v) is 4.29. The van der Waals surface area contributed by atoms with Gasteiger partial charge in [-0.1, -0.05) is 18.6 Å². The SMILES string of the molecule is O=C(O)c1cccc2c1NC(C(=O)O)C1CCCC21. The maximum absolute atomic E-state index is 11.4. The Morgan fingerprint density at radius 1 is 1.21 bits per heavy atom. The van der Waals surface area contributed by atoms with Crippen molar-refractivity contribution in [3.05, 3.63) is 29.3 Å². The van der Waals surface area contributed by atoms with Crippen LogP contribution < -0.4 is 5.32 Å². The average Bonchev–Trinajstić information content (AvgIpc) is 2.85. The molecular formula is C14H15NO4. The van der Waals surface area contributed by atoms with Crippen molar-refractivity contribution in [2.75, 3.05) is 5.32 Å². The highest BCUT2D eigenvalue weighted by Gasteiger charge is 2.43. The molecule has 3 rings (SSSR count). The summed E-state index contributed by atoms with van der Waals surface area (Å²) in [4.78, 5) is 22.6. The first-order chi connectivity index (χ1) is 9.09.